The van der Waals surface area contributed by atoms with Gasteiger partial charge in [-0.3, -0.25) is 0 Å². The molecule has 0 saturated heterocycles. The number of nitrogens with one attached hydrogen (secondary N) is 1. The number of methoxy groups -OCH3 is 1. The molecule has 3 aromatic rings. The Morgan fingerprint density at radius 3 is 2.46 bits per heavy atom. The van der Waals surface area contributed by atoms with Crippen LogP contribution in [0.2, 0.25) is 0 Å². The number of benzene rings is 2. The summed E-state index contributed by atoms with van der Waals surface area (Å²) in [6.07, 6.45) is -1.06. The number of carboxylic acid groups (broad SMARTS) is 1. The van der Waals surface area contributed by atoms with Gasteiger partial charge in [0, 0.05) is 12.4 Å². The smallest absolute Gasteiger partial charge is 0.416 e. The number of nitrogens with zero attached hydrogens (tertiary/aromatic N) is 1. The van der Waals surface area contributed by atoms with Crippen LogP contribution in [0.3, 0.4) is 0 Å². The molecule has 1 heterocycles. The molecule has 5 nitrogen and oxygen atoms in total. The molecule has 0 aliphatic rings. The maximum Gasteiger partial charge on any atom is 0.416 e. The van der Waals surface area contributed by atoms with E-state index in [4.69, 9.17) is 9.84 Å². The fourth-order valence-electron chi connectivity index (χ4n) is 2.51. The molecule has 0 amide bonds. The molecule has 0 fully saturated rings. The van der Waals surface area contributed by atoms with Gasteiger partial charge in [-0.1, -0.05) is 0 Å². The van der Waals surface area contributed by atoms with Crippen molar-refractivity contribution in [1.82, 2.24) is 4.57 Å². The molecule has 2 N–H and O–H groups in total. The Bertz CT molecular complexity index is 989. The van der Waals surface area contributed by atoms with E-state index in [-0.39, 0.29) is 11.3 Å². The second-order valence-electron chi connectivity index (χ2n) is 5.69. The van der Waals surface area contributed by atoms with Gasteiger partial charge in [0.25, 0.3) is 0 Å². The van der Waals surface area contributed by atoms with Crippen LogP contribution < -0.4 is 9.46 Å². The summed E-state index contributed by atoms with van der Waals surface area (Å²) in [7, 11) is 1.43. The number of anilines is 1. The predicted molar refractivity (Wildman–Crippen MR) is 100 cm³/mol. The number of ether oxygens (including phenoxy) is 1. The second kappa shape index (κ2) is 7.89. The number of aromatic nitrogens is 1. The first-order chi connectivity index (χ1) is 13.3. The third-order valence-corrected chi connectivity index (χ3v) is 4.75. The lowest BCUT2D eigenvalue weighted by Crippen LogP contribution is -2.07. The molecule has 1 aromatic heterocycles. The summed E-state index contributed by atoms with van der Waals surface area (Å²) in [4.78, 5) is 11.6. The van der Waals surface area contributed by atoms with Crippen molar-refractivity contribution in [2.75, 3.05) is 11.8 Å². The molecule has 0 aliphatic carbocycles. The summed E-state index contributed by atoms with van der Waals surface area (Å²) in [5.74, 6) is -0.714. The van der Waals surface area contributed by atoms with Gasteiger partial charge >= 0.3 is 12.1 Å². The average Bonchev–Trinajstić information content (AvgIpc) is 3.19. The van der Waals surface area contributed by atoms with Crippen molar-refractivity contribution >= 4 is 23.6 Å². The molecule has 0 radical (unpaired) electrons. The van der Waals surface area contributed by atoms with E-state index in [9.17, 15) is 18.0 Å². The van der Waals surface area contributed by atoms with Crippen molar-refractivity contribution in [2.45, 2.75) is 11.1 Å². The second-order valence-corrected chi connectivity index (χ2v) is 6.54. The van der Waals surface area contributed by atoms with Crippen LogP contribution in [-0.2, 0) is 6.18 Å². The third-order valence-electron chi connectivity index (χ3n) is 3.89. The van der Waals surface area contributed by atoms with E-state index in [0.717, 1.165) is 24.1 Å². The number of halogens is 3. The first kappa shape index (κ1) is 19.7. The Hall–Kier alpha value is -3.07. The van der Waals surface area contributed by atoms with Crippen LogP contribution in [0, 0.1) is 0 Å². The van der Waals surface area contributed by atoms with E-state index in [1.807, 2.05) is 0 Å². The summed E-state index contributed by atoms with van der Waals surface area (Å²) < 4.78 is 49.2. The Kier molecular flexibility index (Phi) is 5.55. The molecule has 9 heteroatoms. The molecular weight excluding hydrogens is 393 g/mol. The number of carbonyl (C=O) groups is 1. The van der Waals surface area contributed by atoms with E-state index >= 15 is 0 Å². The lowest BCUT2D eigenvalue weighted by molar-refractivity contribution is -0.137. The molecule has 0 unspecified atom stereocenters. The van der Waals surface area contributed by atoms with Crippen LogP contribution in [-0.4, -0.2) is 22.8 Å². The third kappa shape index (κ3) is 4.25. The van der Waals surface area contributed by atoms with E-state index in [0.29, 0.717) is 16.3 Å². The molecule has 0 spiro atoms. The van der Waals surface area contributed by atoms with E-state index in [2.05, 4.69) is 4.72 Å². The maximum absolute atomic E-state index is 13.1. The monoisotopic (exact) mass is 408 g/mol. The van der Waals surface area contributed by atoms with Crippen molar-refractivity contribution in [2.24, 2.45) is 0 Å². The number of hydrogen-bond donors (Lipinski definition) is 2. The van der Waals surface area contributed by atoms with Gasteiger partial charge in [0.2, 0.25) is 0 Å². The van der Waals surface area contributed by atoms with Crippen molar-refractivity contribution in [3.63, 3.8) is 0 Å². The molecule has 28 heavy (non-hydrogen) atoms. The van der Waals surface area contributed by atoms with Crippen LogP contribution in [0.5, 0.6) is 5.75 Å². The van der Waals surface area contributed by atoms with Crippen molar-refractivity contribution < 1.29 is 27.8 Å². The van der Waals surface area contributed by atoms with Gasteiger partial charge in [-0.05, 0) is 60.5 Å². The minimum Gasteiger partial charge on any atom is -0.496 e. The van der Waals surface area contributed by atoms with Gasteiger partial charge < -0.3 is 19.1 Å². The van der Waals surface area contributed by atoms with Crippen molar-refractivity contribution in [1.29, 1.82) is 0 Å². The van der Waals surface area contributed by atoms with Crippen LogP contribution in [0.25, 0.3) is 5.69 Å². The maximum atomic E-state index is 13.1. The highest BCUT2D eigenvalue weighted by Gasteiger charge is 2.31. The van der Waals surface area contributed by atoms with E-state index < -0.39 is 17.7 Å². The van der Waals surface area contributed by atoms with Gasteiger partial charge in [0.15, 0.2) is 0 Å². The quantitative estimate of drug-likeness (QED) is 0.541. The predicted octanol–water partition coefficient (Wildman–Crippen LogP) is 5.32. The van der Waals surface area contributed by atoms with Gasteiger partial charge in [-0.25, -0.2) is 4.79 Å². The normalized spacial score (nSPS) is 11.3. The fourth-order valence-corrected chi connectivity index (χ4v) is 3.34. The number of hydrogen-bond acceptors (Lipinski definition) is 4. The topological polar surface area (TPSA) is 63.5 Å². The average molecular weight is 408 g/mol. The molecule has 0 bridgehead atoms. The number of carboxylic acids is 1. The molecule has 0 aliphatic heterocycles. The van der Waals surface area contributed by atoms with E-state index in [1.165, 1.54) is 31.4 Å². The van der Waals surface area contributed by atoms with Gasteiger partial charge in [0.1, 0.15) is 5.75 Å². The van der Waals surface area contributed by atoms with Crippen LogP contribution in [0.15, 0.2) is 65.8 Å². The zero-order chi connectivity index (χ0) is 20.3. The van der Waals surface area contributed by atoms with Crippen molar-refractivity contribution in [3.05, 3.63) is 72.1 Å². The SMILES string of the molecule is COc1ccc(C(=O)O)cc1SNc1cc(C(F)(F)F)ccc1-n1cccc1. The van der Waals surface area contributed by atoms with Crippen LogP contribution >= 0.6 is 11.9 Å². The number of alkyl halides is 3. The lowest BCUT2D eigenvalue weighted by atomic mass is 10.1. The largest absolute Gasteiger partial charge is 0.496 e. The van der Waals surface area contributed by atoms with E-state index in [1.54, 1.807) is 29.1 Å². The summed E-state index contributed by atoms with van der Waals surface area (Å²) in [6.45, 7) is 0. The Morgan fingerprint density at radius 1 is 1.14 bits per heavy atom. The Morgan fingerprint density at radius 2 is 1.86 bits per heavy atom. The lowest BCUT2D eigenvalue weighted by Gasteiger charge is -2.16. The molecule has 3 rings (SSSR count). The highest BCUT2D eigenvalue weighted by molar-refractivity contribution is 8.00. The van der Waals surface area contributed by atoms with Gasteiger partial charge in [-0.2, -0.15) is 13.2 Å². The van der Waals surface area contributed by atoms with Gasteiger partial charge in [-0.15, -0.1) is 0 Å². The summed E-state index contributed by atoms with van der Waals surface area (Å²) in [6, 6.07) is 11.2. The molecule has 0 atom stereocenters. The van der Waals surface area contributed by atoms with Crippen LogP contribution in [0.4, 0.5) is 18.9 Å². The highest BCUT2D eigenvalue weighted by atomic mass is 32.2. The van der Waals surface area contributed by atoms with Crippen LogP contribution in [0.1, 0.15) is 15.9 Å². The minimum absolute atomic E-state index is 0.0415. The molecular formula is C19H15F3N2O3S. The summed E-state index contributed by atoms with van der Waals surface area (Å²) in [5, 5.41) is 9.15. The molecule has 0 saturated carbocycles. The first-order valence-corrected chi connectivity index (χ1v) is 8.80. The standard InChI is InChI=1S/C19H15F3N2O3S/c1-27-16-7-4-12(18(25)26)10-17(16)28-23-14-11-13(19(20,21)22)5-6-15(14)24-8-2-3-9-24/h2-11,23H,1H3,(H,25,26). The minimum atomic E-state index is -4.49. The first-order valence-electron chi connectivity index (χ1n) is 7.98. The number of aromatic carboxylic acids is 1. The fraction of sp³-hybridized carbons (Fsp3) is 0.105. The zero-order valence-electron chi connectivity index (χ0n) is 14.5. The van der Waals surface area contributed by atoms with Gasteiger partial charge in [0.05, 0.1) is 34.5 Å². The summed E-state index contributed by atoms with van der Waals surface area (Å²) in [5.41, 5.74) is -0.0183. The molecule has 146 valence electrons. The zero-order valence-corrected chi connectivity index (χ0v) is 15.3. The highest BCUT2D eigenvalue weighted by Crippen LogP contribution is 2.37. The Labute approximate surface area is 162 Å². The summed E-state index contributed by atoms with van der Waals surface area (Å²) >= 11 is 0.968. The number of rotatable bonds is 6. The molecule has 2 aromatic carbocycles. The Balaban J connectivity index is 1.97. The van der Waals surface area contributed by atoms with Crippen molar-refractivity contribution in [3.8, 4) is 11.4 Å².